The second-order valence-corrected chi connectivity index (χ2v) is 36.2. The van der Waals surface area contributed by atoms with Gasteiger partial charge in [-0.15, -0.1) is 0 Å². The van der Waals surface area contributed by atoms with Gasteiger partial charge in [0.25, 0.3) is 0 Å². The summed E-state index contributed by atoms with van der Waals surface area (Å²) in [7, 11) is 0. The van der Waals surface area contributed by atoms with Crippen LogP contribution in [0.3, 0.4) is 0 Å². The number of phenolic OH excluding ortho intramolecular Hbond substituents is 2. The molecular weight excluding hydrogens is 1720 g/mol. The number of piperidine rings is 1. The molecule has 1 saturated heterocycles. The van der Waals surface area contributed by atoms with Gasteiger partial charge in [-0.25, -0.2) is 0 Å². The van der Waals surface area contributed by atoms with Gasteiger partial charge in [-0.3, -0.25) is 91.1 Å². The topological polar surface area (TPSA) is 620 Å². The molecule has 0 aromatic heterocycles. The number of aliphatic hydroxyl groups excluding tert-OH is 4. The molecule has 0 aliphatic carbocycles. The summed E-state index contributed by atoms with van der Waals surface area (Å²) in [6.07, 6.45) is -8.22. The highest BCUT2D eigenvalue weighted by atomic mass is 16.4. The Bertz CT molecular complexity index is 4400. The molecule has 132 heavy (non-hydrogen) atoms. The van der Waals surface area contributed by atoms with Crippen LogP contribution in [0.2, 0.25) is 0 Å². The standard InChI is InChI=1S/C95H137N9O28/c1-10-55(4)87(82(118)43-63(37-60-22-27-67(109)28-23-60)90(128)99-74(36-54(2)3)78(114)41-64(45-85(122)123)89(127)98-56(5)18-14-16-33-96)103-92(130)66(52-105)44-79(115)75(39-61-24-29-68(110)30-25-61)100-91(129)65(46-86(124)125)42-80(116)77(53-106)102-94(132)73(58(7)108)48-81(117)76(38-59-19-12-11-13-20-59)101-93(131)72(57(6)107)47-71(113)51-97-88(126)62(26-31-84(120)121)40-70(112)50-95(8,9)49-69(111)32-35-104-34-17-15-21-83(104)119/h11-13,19-20,22-25,27-30,54-58,62-66,72-77,87,105-110H,10,14-18,21,26,31-53,96H2,1-9H3,(H,97,126)(H,98,127)(H,99,128)(H,100,129)(H,101,131)(H,102,132)(H,103,130)(H,120,121)(H,122,123)(H,124,125)/t55-,56+,57+,58+,62+,63+,64-,65-,66-,72-,73-,74-,75-,76-,77-,87-/m0/s1. The first-order valence-corrected chi connectivity index (χ1v) is 45.3. The van der Waals surface area contributed by atoms with E-state index in [-0.39, 0.29) is 98.6 Å². The third kappa shape index (κ3) is 41.2. The fraction of sp³-hybridized carbons (Fsp3) is 0.611. The lowest BCUT2D eigenvalue weighted by Crippen LogP contribution is -2.52. The molecule has 1 aliphatic heterocycles. The van der Waals surface area contributed by atoms with Gasteiger partial charge >= 0.3 is 17.9 Å². The number of Topliss-reactive ketones (excluding diaryl/α,β-unsaturated/α-hetero) is 8. The lowest BCUT2D eigenvalue weighted by molar-refractivity contribution is -0.143. The van der Waals surface area contributed by atoms with Gasteiger partial charge in [-0.2, -0.15) is 0 Å². The summed E-state index contributed by atoms with van der Waals surface area (Å²) in [6, 6.07) is 10.5. The first-order chi connectivity index (χ1) is 62.2. The summed E-state index contributed by atoms with van der Waals surface area (Å²) in [5.74, 6) is -29.5. The minimum Gasteiger partial charge on any atom is -0.508 e. The molecule has 1 heterocycles. The number of ketones is 8. The third-order valence-electron chi connectivity index (χ3n) is 23.6. The van der Waals surface area contributed by atoms with Gasteiger partial charge in [0.05, 0.1) is 98.6 Å². The Morgan fingerprint density at radius 3 is 1.43 bits per heavy atom. The lowest BCUT2D eigenvalue weighted by Gasteiger charge is -2.28. The van der Waals surface area contributed by atoms with Crippen molar-refractivity contribution in [3.8, 4) is 11.5 Å². The number of rotatable bonds is 66. The van der Waals surface area contributed by atoms with Crippen molar-refractivity contribution in [2.75, 3.05) is 39.4 Å². The monoisotopic (exact) mass is 1850 g/mol. The number of carboxylic acids is 3. The predicted octanol–water partition coefficient (Wildman–Crippen LogP) is 3.76. The number of aliphatic carboxylic acids is 3. The van der Waals surface area contributed by atoms with E-state index in [1.165, 1.54) is 55.5 Å². The molecule has 37 heteroatoms. The number of carbonyl (C=O) groups is 19. The van der Waals surface area contributed by atoms with Crippen LogP contribution in [0.5, 0.6) is 11.5 Å². The van der Waals surface area contributed by atoms with Gasteiger partial charge in [0, 0.05) is 108 Å². The Morgan fingerprint density at radius 2 is 0.917 bits per heavy atom. The van der Waals surface area contributed by atoms with Gasteiger partial charge in [0.1, 0.15) is 29.1 Å². The molecule has 4 rings (SSSR count). The molecule has 16 atom stereocenters. The molecule has 0 saturated carbocycles. The van der Waals surface area contributed by atoms with Crippen LogP contribution < -0.4 is 43.0 Å². The van der Waals surface area contributed by atoms with Crippen LogP contribution in [0.1, 0.15) is 220 Å². The molecule has 0 radical (unpaired) electrons. The van der Waals surface area contributed by atoms with E-state index in [2.05, 4.69) is 37.2 Å². The average Bonchev–Trinajstić information content (AvgIpc) is 0.834. The minimum atomic E-state index is -1.99. The summed E-state index contributed by atoms with van der Waals surface area (Å²) in [6.45, 7) is 12.3. The van der Waals surface area contributed by atoms with E-state index in [0.717, 1.165) is 19.8 Å². The third-order valence-corrected chi connectivity index (χ3v) is 23.6. The Morgan fingerprint density at radius 1 is 0.447 bits per heavy atom. The van der Waals surface area contributed by atoms with E-state index in [4.69, 9.17) is 5.73 Å². The van der Waals surface area contributed by atoms with Crippen molar-refractivity contribution in [1.82, 2.24) is 42.1 Å². The van der Waals surface area contributed by atoms with Gasteiger partial charge in [-0.1, -0.05) is 109 Å². The van der Waals surface area contributed by atoms with Crippen LogP contribution in [0.4, 0.5) is 0 Å². The summed E-state index contributed by atoms with van der Waals surface area (Å²) in [5, 5.41) is 111. The maximum Gasteiger partial charge on any atom is 0.304 e. The number of unbranched alkanes of at least 4 members (excludes halogenated alkanes) is 1. The first kappa shape index (κ1) is 113. The average molecular weight is 1850 g/mol. The van der Waals surface area contributed by atoms with Crippen molar-refractivity contribution in [2.24, 2.45) is 64.4 Å². The molecule has 8 amide bonds. The zero-order valence-corrected chi connectivity index (χ0v) is 77.0. The minimum absolute atomic E-state index is 0.0238. The molecule has 0 unspecified atom stereocenters. The quantitative estimate of drug-likeness (QED) is 0.0358. The number of carboxylic acid groups (broad SMARTS) is 3. The Kier molecular flexibility index (Phi) is 48.9. The number of aliphatic hydroxyl groups is 4. The number of nitrogens with two attached hydrogens (primary N) is 1. The van der Waals surface area contributed by atoms with E-state index >= 15 is 0 Å². The number of nitrogens with one attached hydrogen (secondary N) is 7. The van der Waals surface area contributed by atoms with E-state index in [0.29, 0.717) is 49.9 Å². The number of amides is 8. The van der Waals surface area contributed by atoms with E-state index in [1.54, 1.807) is 83.7 Å². The summed E-state index contributed by atoms with van der Waals surface area (Å²) in [5.41, 5.74) is 5.89. The number of nitrogens with zero attached hydrogens (tertiary/aromatic N) is 1. The van der Waals surface area contributed by atoms with Crippen LogP contribution in [0, 0.1) is 58.7 Å². The fourth-order valence-corrected chi connectivity index (χ4v) is 15.8. The highest BCUT2D eigenvalue weighted by Crippen LogP contribution is 2.31. The number of benzene rings is 3. The molecule has 1 fully saturated rings. The number of hydrogen-bond donors (Lipinski definition) is 17. The SMILES string of the molecule is CC[C@H](C)[C@H](NC(=O)[C@H](CO)CC(=O)[C@H](Cc1ccc(O)cc1)NC(=O)[C@H](CC(=O)O)CC(=O)[C@H](CO)NC(=O)[C@@H](CC(=O)[C@H](Cc1ccccc1)NC(=O)[C@@H](CC(=O)CNC(=O)[C@H](CCC(=O)O)CC(=O)CC(C)(C)CC(=O)CCN1CCCCC1=O)[C@@H](C)O)[C@@H](C)O)C(=O)C[C@@H](Cc1ccc(O)cc1)C(=O)N[C@@H](CC(C)C)C(=O)C[C@@H](CC(=O)O)C(=O)N[C@H](C)CCCCN. The number of carbonyl (C=O) groups excluding carboxylic acids is 16. The van der Waals surface area contributed by atoms with Crippen LogP contribution in [-0.2, 0) is 110 Å². The normalized spacial score (nSPS) is 15.9. The molecule has 0 spiro atoms. The lowest BCUT2D eigenvalue weighted by atomic mass is 9.80. The summed E-state index contributed by atoms with van der Waals surface area (Å²) < 4.78 is 0. The van der Waals surface area contributed by atoms with Crippen LogP contribution in [-0.4, -0.2) is 250 Å². The van der Waals surface area contributed by atoms with Crippen LogP contribution in [0.25, 0.3) is 0 Å². The van der Waals surface area contributed by atoms with Crippen molar-refractivity contribution in [2.45, 2.75) is 271 Å². The largest absolute Gasteiger partial charge is 0.508 e. The van der Waals surface area contributed by atoms with E-state index in [1.807, 2.05) is 0 Å². The van der Waals surface area contributed by atoms with Gasteiger partial charge in [0.2, 0.25) is 47.3 Å². The number of phenols is 2. The van der Waals surface area contributed by atoms with Gasteiger partial charge in [0.15, 0.2) is 34.7 Å². The Hall–Kier alpha value is -11.4. The molecule has 37 nitrogen and oxygen atoms in total. The van der Waals surface area contributed by atoms with Crippen molar-refractivity contribution < 1.29 is 137 Å². The van der Waals surface area contributed by atoms with Gasteiger partial charge < -0.3 is 93.8 Å². The summed E-state index contributed by atoms with van der Waals surface area (Å²) in [4.78, 5) is 263. The predicted molar refractivity (Wildman–Crippen MR) is 480 cm³/mol. The second kappa shape index (κ2) is 57.1. The molecule has 18 N–H and O–H groups in total. The Labute approximate surface area is 769 Å². The first-order valence-electron chi connectivity index (χ1n) is 45.3. The van der Waals surface area contributed by atoms with Crippen molar-refractivity contribution >= 4 is 111 Å². The Balaban J connectivity index is 1.54. The van der Waals surface area contributed by atoms with E-state index < -0.39 is 285 Å². The van der Waals surface area contributed by atoms with Crippen LogP contribution in [0.15, 0.2) is 78.9 Å². The highest BCUT2D eigenvalue weighted by molar-refractivity contribution is 6.01. The van der Waals surface area contributed by atoms with Crippen molar-refractivity contribution in [1.29, 1.82) is 0 Å². The zero-order chi connectivity index (χ0) is 98.8. The number of likely N-dealkylation sites (tertiary alicyclic amines) is 1. The van der Waals surface area contributed by atoms with Gasteiger partial charge in [-0.05, 0) is 143 Å². The smallest absolute Gasteiger partial charge is 0.304 e. The molecule has 3 aromatic carbocycles. The summed E-state index contributed by atoms with van der Waals surface area (Å²) >= 11 is 0. The van der Waals surface area contributed by atoms with Crippen LogP contribution >= 0.6 is 0 Å². The molecule has 0 bridgehead atoms. The maximum atomic E-state index is 14.9. The molecular formula is C95H137N9O28. The second-order valence-electron chi connectivity index (χ2n) is 36.2. The van der Waals surface area contributed by atoms with E-state index in [9.17, 15) is 137 Å². The molecule has 1 aliphatic rings. The number of hydrogen-bond acceptors (Lipinski definition) is 26. The maximum absolute atomic E-state index is 14.9. The van der Waals surface area contributed by atoms with Crippen molar-refractivity contribution in [3.63, 3.8) is 0 Å². The zero-order valence-electron chi connectivity index (χ0n) is 77.0. The fourth-order valence-electron chi connectivity index (χ4n) is 15.8. The van der Waals surface area contributed by atoms with Crippen molar-refractivity contribution in [3.05, 3.63) is 95.6 Å². The highest BCUT2D eigenvalue weighted by Gasteiger charge is 2.41. The molecule has 730 valence electrons. The number of aromatic hydroxyl groups is 2. The molecule has 3 aromatic rings.